The van der Waals surface area contributed by atoms with E-state index in [1.165, 1.54) is 28.3 Å². The molecule has 3 aromatic rings. The molecule has 1 aromatic carbocycles. The van der Waals surface area contributed by atoms with Gasteiger partial charge in [0, 0.05) is 56.9 Å². The Morgan fingerprint density at radius 1 is 1.17 bits per heavy atom. The second-order valence-corrected chi connectivity index (χ2v) is 7.29. The number of piperazine rings is 1. The number of nitrogens with zero attached hydrogens (tertiary/aromatic N) is 3. The van der Waals surface area contributed by atoms with Gasteiger partial charge in [0.25, 0.3) is 5.91 Å². The number of furan rings is 1. The van der Waals surface area contributed by atoms with Crippen LogP contribution >= 0.6 is 24.0 Å². The zero-order valence-corrected chi connectivity index (χ0v) is 19.7. The van der Waals surface area contributed by atoms with Gasteiger partial charge in [-0.2, -0.15) is 0 Å². The van der Waals surface area contributed by atoms with Crippen LogP contribution in [0.4, 0.5) is 0 Å². The molecule has 8 heteroatoms. The van der Waals surface area contributed by atoms with Crippen molar-refractivity contribution in [2.75, 3.05) is 39.8 Å². The maximum atomic E-state index is 12.4. The first kappa shape index (κ1) is 22.2. The van der Waals surface area contributed by atoms with Gasteiger partial charge in [0.05, 0.1) is 6.26 Å². The number of amides is 1. The molecular weight excluding hydrogens is 493 g/mol. The summed E-state index contributed by atoms with van der Waals surface area (Å²) in [5.41, 5.74) is 3.79. The number of benzene rings is 1. The summed E-state index contributed by atoms with van der Waals surface area (Å²) < 4.78 is 5.23. The number of nitrogens with one attached hydrogen (secondary N) is 2. The van der Waals surface area contributed by atoms with Crippen LogP contribution in [-0.2, 0) is 6.42 Å². The smallest absolute Gasteiger partial charge is 0.289 e. The van der Waals surface area contributed by atoms with E-state index in [9.17, 15) is 4.79 Å². The maximum absolute atomic E-state index is 12.4. The number of guanidine groups is 1. The minimum absolute atomic E-state index is 0. The molecule has 2 aromatic heterocycles. The molecule has 160 valence electrons. The zero-order valence-electron chi connectivity index (χ0n) is 17.4. The first-order valence-corrected chi connectivity index (χ1v) is 10.0. The number of halogens is 1. The summed E-state index contributed by atoms with van der Waals surface area (Å²) >= 11 is 0. The van der Waals surface area contributed by atoms with E-state index in [1.807, 2.05) is 4.90 Å². The Bertz CT molecular complexity index is 1000. The number of carbonyl (C=O) groups is 1. The van der Waals surface area contributed by atoms with E-state index in [1.54, 1.807) is 19.2 Å². The molecule has 30 heavy (non-hydrogen) atoms. The average molecular weight is 521 g/mol. The molecule has 1 aliphatic heterocycles. The van der Waals surface area contributed by atoms with Crippen molar-refractivity contribution >= 4 is 46.7 Å². The van der Waals surface area contributed by atoms with Crippen molar-refractivity contribution in [3.63, 3.8) is 0 Å². The summed E-state index contributed by atoms with van der Waals surface area (Å²) in [6, 6.07) is 9.79. The predicted molar refractivity (Wildman–Crippen MR) is 130 cm³/mol. The SMILES string of the molecule is CN=C(NCCc1c[nH]c2cccc(C)c12)N1CCN(C(=O)c2ccco2)CC1.I. The van der Waals surface area contributed by atoms with Crippen LogP contribution in [0.1, 0.15) is 21.7 Å². The molecule has 2 N–H and O–H groups in total. The first-order valence-electron chi connectivity index (χ1n) is 10.0. The molecule has 0 spiro atoms. The van der Waals surface area contributed by atoms with Gasteiger partial charge in [0.2, 0.25) is 0 Å². The van der Waals surface area contributed by atoms with E-state index in [0.717, 1.165) is 32.0 Å². The van der Waals surface area contributed by atoms with Crippen LogP contribution in [0.3, 0.4) is 0 Å². The Morgan fingerprint density at radius 3 is 2.63 bits per heavy atom. The van der Waals surface area contributed by atoms with E-state index < -0.39 is 0 Å². The second kappa shape index (κ2) is 10.0. The van der Waals surface area contributed by atoms with Gasteiger partial charge in [-0.3, -0.25) is 9.79 Å². The van der Waals surface area contributed by atoms with Crippen molar-refractivity contribution in [3.05, 3.63) is 59.7 Å². The van der Waals surface area contributed by atoms with E-state index in [4.69, 9.17) is 4.42 Å². The highest BCUT2D eigenvalue weighted by Crippen LogP contribution is 2.22. The lowest BCUT2D eigenvalue weighted by Crippen LogP contribution is -2.53. The van der Waals surface area contributed by atoms with Crippen LogP contribution in [0.25, 0.3) is 10.9 Å². The Labute approximate surface area is 193 Å². The van der Waals surface area contributed by atoms with Gasteiger partial charge >= 0.3 is 0 Å². The lowest BCUT2D eigenvalue weighted by Gasteiger charge is -2.36. The van der Waals surface area contributed by atoms with E-state index in [2.05, 4.69) is 51.5 Å². The highest BCUT2D eigenvalue weighted by molar-refractivity contribution is 14.0. The number of aliphatic imine (C=N–C) groups is 1. The predicted octanol–water partition coefficient (Wildman–Crippen LogP) is 3.26. The highest BCUT2D eigenvalue weighted by atomic mass is 127. The fourth-order valence-corrected chi connectivity index (χ4v) is 3.97. The van der Waals surface area contributed by atoms with Crippen molar-refractivity contribution in [3.8, 4) is 0 Å². The van der Waals surface area contributed by atoms with E-state index >= 15 is 0 Å². The third-order valence-electron chi connectivity index (χ3n) is 5.48. The molecule has 3 heterocycles. The number of carbonyl (C=O) groups excluding carboxylic acids is 1. The van der Waals surface area contributed by atoms with Crippen LogP contribution in [0.2, 0.25) is 0 Å². The number of hydrogen-bond donors (Lipinski definition) is 2. The normalized spacial score (nSPS) is 14.7. The summed E-state index contributed by atoms with van der Waals surface area (Å²) in [4.78, 5) is 24.2. The molecule has 1 amide bonds. The molecular formula is C22H28IN5O2. The fourth-order valence-electron chi connectivity index (χ4n) is 3.97. The molecule has 7 nitrogen and oxygen atoms in total. The monoisotopic (exact) mass is 521 g/mol. The summed E-state index contributed by atoms with van der Waals surface area (Å²) in [7, 11) is 1.80. The largest absolute Gasteiger partial charge is 0.459 e. The van der Waals surface area contributed by atoms with Crippen molar-refractivity contribution in [1.29, 1.82) is 0 Å². The quantitative estimate of drug-likeness (QED) is 0.314. The number of aromatic nitrogens is 1. The van der Waals surface area contributed by atoms with E-state index in [-0.39, 0.29) is 29.9 Å². The van der Waals surface area contributed by atoms with Gasteiger partial charge in [-0.15, -0.1) is 24.0 Å². The molecule has 0 atom stereocenters. The van der Waals surface area contributed by atoms with Crippen LogP contribution in [-0.4, -0.2) is 66.4 Å². The number of aromatic amines is 1. The van der Waals surface area contributed by atoms with Gasteiger partial charge in [0.1, 0.15) is 0 Å². The van der Waals surface area contributed by atoms with Gasteiger partial charge in [0.15, 0.2) is 11.7 Å². The third kappa shape index (κ3) is 4.63. The van der Waals surface area contributed by atoms with Crippen molar-refractivity contribution < 1.29 is 9.21 Å². The van der Waals surface area contributed by atoms with Crippen LogP contribution < -0.4 is 5.32 Å². The summed E-state index contributed by atoms with van der Waals surface area (Å²) in [6.45, 7) is 5.76. The molecule has 0 bridgehead atoms. The molecule has 0 saturated carbocycles. The topological polar surface area (TPSA) is 76.9 Å². The minimum Gasteiger partial charge on any atom is -0.459 e. The Kier molecular flexibility index (Phi) is 7.41. The average Bonchev–Trinajstić information content (AvgIpc) is 3.42. The lowest BCUT2D eigenvalue weighted by molar-refractivity contribution is 0.0658. The molecule has 0 unspecified atom stereocenters. The first-order chi connectivity index (χ1) is 14.2. The van der Waals surface area contributed by atoms with Crippen molar-refractivity contribution in [1.82, 2.24) is 20.1 Å². The molecule has 0 aliphatic carbocycles. The summed E-state index contributed by atoms with van der Waals surface area (Å²) in [5.74, 6) is 1.23. The number of H-pyrrole nitrogens is 1. The summed E-state index contributed by atoms with van der Waals surface area (Å²) in [5, 5.41) is 4.79. The van der Waals surface area contributed by atoms with Crippen LogP contribution in [0.15, 0.2) is 52.2 Å². The molecule has 1 saturated heterocycles. The van der Waals surface area contributed by atoms with E-state index in [0.29, 0.717) is 18.8 Å². The molecule has 1 fully saturated rings. The minimum atomic E-state index is -0.0488. The highest BCUT2D eigenvalue weighted by Gasteiger charge is 2.25. The van der Waals surface area contributed by atoms with Crippen LogP contribution in [0, 0.1) is 6.92 Å². The Balaban J connectivity index is 0.00000256. The van der Waals surface area contributed by atoms with Crippen LogP contribution in [0.5, 0.6) is 0 Å². The third-order valence-corrected chi connectivity index (χ3v) is 5.48. The standard InChI is InChI=1S/C22H27N5O2.HI/c1-16-5-3-6-18-20(16)17(15-25-18)8-9-24-22(23-2)27-12-10-26(11-13-27)21(28)19-7-4-14-29-19;/h3-7,14-15,25H,8-13H2,1-2H3,(H,23,24);1H. The van der Waals surface area contributed by atoms with Gasteiger partial charge < -0.3 is 24.5 Å². The second-order valence-electron chi connectivity index (χ2n) is 7.29. The summed E-state index contributed by atoms with van der Waals surface area (Å²) in [6.07, 6.45) is 4.55. The Hall–Kier alpha value is -2.49. The number of rotatable bonds is 4. The number of hydrogen-bond acceptors (Lipinski definition) is 3. The van der Waals surface area contributed by atoms with Crippen molar-refractivity contribution in [2.45, 2.75) is 13.3 Å². The molecule has 1 aliphatic rings. The fraction of sp³-hybridized carbons (Fsp3) is 0.364. The Morgan fingerprint density at radius 2 is 1.93 bits per heavy atom. The molecule has 0 radical (unpaired) electrons. The van der Waals surface area contributed by atoms with Gasteiger partial charge in [-0.1, -0.05) is 12.1 Å². The zero-order chi connectivity index (χ0) is 20.2. The van der Waals surface area contributed by atoms with Gasteiger partial charge in [-0.05, 0) is 42.7 Å². The number of aryl methyl sites for hydroxylation is 1. The lowest BCUT2D eigenvalue weighted by atomic mass is 10.1. The molecule has 4 rings (SSSR count). The maximum Gasteiger partial charge on any atom is 0.289 e. The van der Waals surface area contributed by atoms with Crippen molar-refractivity contribution in [2.24, 2.45) is 4.99 Å². The van der Waals surface area contributed by atoms with Gasteiger partial charge in [-0.25, -0.2) is 0 Å². The number of fused-ring (bicyclic) bond motifs is 1.